The van der Waals surface area contributed by atoms with E-state index in [1.807, 2.05) is 44.0 Å². The molecule has 0 aliphatic heterocycles. The average Bonchev–Trinajstić information content (AvgIpc) is 2.41. The van der Waals surface area contributed by atoms with Gasteiger partial charge in [0.1, 0.15) is 0 Å². The van der Waals surface area contributed by atoms with E-state index in [2.05, 4.69) is 11.4 Å². The fraction of sp³-hybridized carbons (Fsp3) is 0.467. The number of rotatable bonds is 6. The molecule has 1 aromatic carbocycles. The molecule has 0 radical (unpaired) electrons. The highest BCUT2D eigenvalue weighted by Gasteiger charge is 2.11. The Morgan fingerprint density at radius 2 is 2.25 bits per heavy atom. The van der Waals surface area contributed by atoms with Crippen molar-refractivity contribution in [2.24, 2.45) is 0 Å². The van der Waals surface area contributed by atoms with Crippen LogP contribution in [0.25, 0.3) is 0 Å². The van der Waals surface area contributed by atoms with Crippen LogP contribution in [0.4, 0.5) is 11.4 Å². The van der Waals surface area contributed by atoms with E-state index in [0.717, 1.165) is 11.3 Å². The number of nitrogens with zero attached hydrogens (tertiary/aromatic N) is 2. The lowest BCUT2D eigenvalue weighted by atomic mass is 10.1. The summed E-state index contributed by atoms with van der Waals surface area (Å²) in [7, 11) is 1.92. The fourth-order valence-corrected chi connectivity index (χ4v) is 1.79. The van der Waals surface area contributed by atoms with Crippen LogP contribution < -0.4 is 11.1 Å². The summed E-state index contributed by atoms with van der Waals surface area (Å²) in [5, 5.41) is 11.5. The van der Waals surface area contributed by atoms with Gasteiger partial charge in [-0.1, -0.05) is 6.07 Å². The molecule has 0 bridgehead atoms. The van der Waals surface area contributed by atoms with Crippen LogP contribution in [0, 0.1) is 18.3 Å². The third-order valence-corrected chi connectivity index (χ3v) is 3.48. The van der Waals surface area contributed by atoms with E-state index in [1.165, 1.54) is 0 Å². The van der Waals surface area contributed by atoms with Gasteiger partial charge in [-0.3, -0.25) is 4.79 Å². The predicted molar refractivity (Wildman–Crippen MR) is 81.2 cm³/mol. The standard InChI is InChI=1S/C15H22N4O/c1-11(7-9-16)19(3)10-8-15(20)18-14-6-4-5-13(17)12(14)2/h4-6,11H,7-8,10,17H2,1-3H3,(H,18,20). The highest BCUT2D eigenvalue weighted by molar-refractivity contribution is 5.92. The topological polar surface area (TPSA) is 82.2 Å². The lowest BCUT2D eigenvalue weighted by Crippen LogP contribution is -2.31. The molecular weight excluding hydrogens is 252 g/mol. The summed E-state index contributed by atoms with van der Waals surface area (Å²) in [4.78, 5) is 13.9. The quantitative estimate of drug-likeness (QED) is 0.779. The van der Waals surface area contributed by atoms with E-state index in [1.54, 1.807) is 0 Å². The molecule has 0 aliphatic rings. The lowest BCUT2D eigenvalue weighted by Gasteiger charge is -2.22. The Bertz CT molecular complexity index is 507. The molecule has 1 unspecified atom stereocenters. The summed E-state index contributed by atoms with van der Waals surface area (Å²) >= 11 is 0. The third kappa shape index (κ3) is 4.56. The smallest absolute Gasteiger partial charge is 0.225 e. The fourth-order valence-electron chi connectivity index (χ4n) is 1.79. The highest BCUT2D eigenvalue weighted by atomic mass is 16.1. The number of carbonyl (C=O) groups is 1. The number of nitriles is 1. The summed E-state index contributed by atoms with van der Waals surface area (Å²) in [5.41, 5.74) is 8.10. The number of nitrogens with two attached hydrogens (primary N) is 1. The minimum atomic E-state index is -0.0466. The van der Waals surface area contributed by atoms with Gasteiger partial charge in [0.05, 0.1) is 12.5 Å². The third-order valence-electron chi connectivity index (χ3n) is 3.48. The summed E-state index contributed by atoms with van der Waals surface area (Å²) < 4.78 is 0. The molecular formula is C15H22N4O. The number of carbonyl (C=O) groups excluding carboxylic acids is 1. The molecule has 1 rings (SSSR count). The predicted octanol–water partition coefficient (Wildman–Crippen LogP) is 2.14. The second-order valence-electron chi connectivity index (χ2n) is 5.01. The monoisotopic (exact) mass is 274 g/mol. The summed E-state index contributed by atoms with van der Waals surface area (Å²) in [5.74, 6) is -0.0466. The summed E-state index contributed by atoms with van der Waals surface area (Å²) in [6.07, 6.45) is 0.854. The maximum Gasteiger partial charge on any atom is 0.225 e. The number of nitrogen functional groups attached to an aromatic ring is 1. The number of anilines is 2. The van der Waals surface area contributed by atoms with Crippen LogP contribution in [-0.2, 0) is 4.79 Å². The van der Waals surface area contributed by atoms with Crippen molar-refractivity contribution in [3.05, 3.63) is 23.8 Å². The number of amides is 1. The van der Waals surface area contributed by atoms with Crippen LogP contribution >= 0.6 is 0 Å². The zero-order valence-electron chi connectivity index (χ0n) is 12.3. The van der Waals surface area contributed by atoms with Crippen molar-refractivity contribution in [1.82, 2.24) is 4.90 Å². The number of hydrogen-bond acceptors (Lipinski definition) is 4. The number of benzene rings is 1. The molecule has 0 saturated heterocycles. The van der Waals surface area contributed by atoms with Crippen molar-refractivity contribution >= 4 is 17.3 Å². The molecule has 0 saturated carbocycles. The molecule has 1 amide bonds. The minimum absolute atomic E-state index is 0.0466. The first kappa shape index (κ1) is 16.0. The molecule has 20 heavy (non-hydrogen) atoms. The molecule has 1 aromatic rings. The van der Waals surface area contributed by atoms with Crippen molar-refractivity contribution in [2.45, 2.75) is 32.7 Å². The first-order chi connectivity index (χ1) is 9.45. The van der Waals surface area contributed by atoms with Crippen LogP contribution in [-0.4, -0.2) is 30.4 Å². The van der Waals surface area contributed by atoms with E-state index in [-0.39, 0.29) is 11.9 Å². The Balaban J connectivity index is 2.49. The Labute approximate surface area is 120 Å². The van der Waals surface area contributed by atoms with Crippen molar-refractivity contribution in [3.8, 4) is 6.07 Å². The second-order valence-corrected chi connectivity index (χ2v) is 5.01. The maximum atomic E-state index is 11.9. The van der Waals surface area contributed by atoms with E-state index in [4.69, 9.17) is 11.0 Å². The zero-order valence-corrected chi connectivity index (χ0v) is 12.3. The molecule has 0 aromatic heterocycles. The largest absolute Gasteiger partial charge is 0.398 e. The summed E-state index contributed by atoms with van der Waals surface area (Å²) in [6, 6.07) is 7.75. The Morgan fingerprint density at radius 3 is 2.90 bits per heavy atom. The van der Waals surface area contributed by atoms with E-state index in [9.17, 15) is 4.79 Å². The Kier molecular flexibility index (Phi) is 6.01. The minimum Gasteiger partial charge on any atom is -0.398 e. The van der Waals surface area contributed by atoms with Crippen LogP contribution in [0.5, 0.6) is 0 Å². The lowest BCUT2D eigenvalue weighted by molar-refractivity contribution is -0.116. The molecule has 108 valence electrons. The molecule has 0 fully saturated rings. The molecule has 5 nitrogen and oxygen atoms in total. The zero-order chi connectivity index (χ0) is 15.1. The first-order valence-corrected chi connectivity index (χ1v) is 6.67. The van der Waals surface area contributed by atoms with Gasteiger partial charge in [-0.15, -0.1) is 0 Å². The normalized spacial score (nSPS) is 11.9. The van der Waals surface area contributed by atoms with Gasteiger partial charge >= 0.3 is 0 Å². The van der Waals surface area contributed by atoms with E-state index >= 15 is 0 Å². The van der Waals surface area contributed by atoms with E-state index < -0.39 is 0 Å². The summed E-state index contributed by atoms with van der Waals surface area (Å²) in [6.45, 7) is 4.48. The van der Waals surface area contributed by atoms with Gasteiger partial charge in [0.15, 0.2) is 0 Å². The SMILES string of the molecule is Cc1c(N)cccc1NC(=O)CCN(C)C(C)CC#N. The van der Waals surface area contributed by atoms with Gasteiger partial charge in [-0.05, 0) is 38.6 Å². The van der Waals surface area contributed by atoms with Gasteiger partial charge in [-0.25, -0.2) is 0 Å². The van der Waals surface area contributed by atoms with Crippen LogP contribution in [0.1, 0.15) is 25.3 Å². The van der Waals surface area contributed by atoms with Gasteiger partial charge in [-0.2, -0.15) is 5.26 Å². The maximum absolute atomic E-state index is 11.9. The number of nitrogens with one attached hydrogen (secondary N) is 1. The van der Waals surface area contributed by atoms with Crippen LogP contribution in [0.15, 0.2) is 18.2 Å². The molecule has 5 heteroatoms. The molecule has 0 aliphatic carbocycles. The van der Waals surface area contributed by atoms with Crippen molar-refractivity contribution in [3.63, 3.8) is 0 Å². The van der Waals surface area contributed by atoms with Gasteiger partial charge < -0.3 is 16.0 Å². The molecule has 1 atom stereocenters. The average molecular weight is 274 g/mol. The van der Waals surface area contributed by atoms with Crippen molar-refractivity contribution in [1.29, 1.82) is 5.26 Å². The van der Waals surface area contributed by atoms with Gasteiger partial charge in [0.25, 0.3) is 0 Å². The van der Waals surface area contributed by atoms with Crippen molar-refractivity contribution < 1.29 is 4.79 Å². The van der Waals surface area contributed by atoms with Crippen LogP contribution in [0.2, 0.25) is 0 Å². The van der Waals surface area contributed by atoms with Crippen molar-refractivity contribution in [2.75, 3.05) is 24.6 Å². The highest BCUT2D eigenvalue weighted by Crippen LogP contribution is 2.20. The number of hydrogen-bond donors (Lipinski definition) is 2. The Hall–Kier alpha value is -2.06. The first-order valence-electron chi connectivity index (χ1n) is 6.67. The Morgan fingerprint density at radius 1 is 1.55 bits per heavy atom. The molecule has 0 heterocycles. The van der Waals surface area contributed by atoms with Crippen LogP contribution in [0.3, 0.4) is 0 Å². The molecule has 3 N–H and O–H groups in total. The van der Waals surface area contributed by atoms with E-state index in [0.29, 0.717) is 25.1 Å². The van der Waals surface area contributed by atoms with Gasteiger partial charge in [0, 0.05) is 30.4 Å². The molecule has 0 spiro atoms. The second kappa shape index (κ2) is 7.51. The van der Waals surface area contributed by atoms with Gasteiger partial charge in [0.2, 0.25) is 5.91 Å².